The van der Waals surface area contributed by atoms with E-state index in [0.29, 0.717) is 6.42 Å². The van der Waals surface area contributed by atoms with Crippen LogP contribution in [0.15, 0.2) is 42.5 Å². The SMILES string of the molecule is CCc1ccc(C(O)Cc2ccccc2OC)cc1CC. The van der Waals surface area contributed by atoms with E-state index < -0.39 is 6.10 Å². The van der Waals surface area contributed by atoms with Gasteiger partial charge in [0.1, 0.15) is 5.75 Å². The number of ether oxygens (including phenoxy) is 1. The number of benzene rings is 2. The maximum Gasteiger partial charge on any atom is 0.122 e. The number of aliphatic hydroxyl groups excluding tert-OH is 1. The van der Waals surface area contributed by atoms with Crippen LogP contribution in [0.5, 0.6) is 5.75 Å². The molecule has 2 nitrogen and oxygen atoms in total. The molecule has 0 saturated heterocycles. The Balaban J connectivity index is 2.22. The number of hydrogen-bond donors (Lipinski definition) is 1. The molecule has 0 radical (unpaired) electrons. The average molecular weight is 284 g/mol. The zero-order valence-corrected chi connectivity index (χ0v) is 13.1. The molecule has 0 saturated carbocycles. The normalized spacial score (nSPS) is 12.2. The minimum Gasteiger partial charge on any atom is -0.496 e. The van der Waals surface area contributed by atoms with Gasteiger partial charge in [-0.1, -0.05) is 50.2 Å². The van der Waals surface area contributed by atoms with Gasteiger partial charge in [-0.25, -0.2) is 0 Å². The fourth-order valence-electron chi connectivity index (χ4n) is 2.72. The van der Waals surface area contributed by atoms with Crippen LogP contribution in [0.25, 0.3) is 0 Å². The molecule has 0 bridgehead atoms. The van der Waals surface area contributed by atoms with E-state index in [-0.39, 0.29) is 0 Å². The summed E-state index contributed by atoms with van der Waals surface area (Å²) in [6.45, 7) is 4.32. The summed E-state index contributed by atoms with van der Waals surface area (Å²) >= 11 is 0. The monoisotopic (exact) mass is 284 g/mol. The van der Waals surface area contributed by atoms with Crippen LogP contribution in [0, 0.1) is 0 Å². The molecular formula is C19H24O2. The fraction of sp³-hybridized carbons (Fsp3) is 0.368. The lowest BCUT2D eigenvalue weighted by molar-refractivity contribution is 0.177. The quantitative estimate of drug-likeness (QED) is 0.865. The Labute approximate surface area is 127 Å². The first-order chi connectivity index (χ1) is 10.2. The number of rotatable bonds is 6. The summed E-state index contributed by atoms with van der Waals surface area (Å²) in [6.07, 6.45) is 2.10. The third-order valence-corrected chi connectivity index (χ3v) is 3.98. The van der Waals surface area contributed by atoms with Crippen LogP contribution in [-0.2, 0) is 19.3 Å². The van der Waals surface area contributed by atoms with Gasteiger partial charge in [0.2, 0.25) is 0 Å². The Hall–Kier alpha value is -1.80. The van der Waals surface area contributed by atoms with Crippen LogP contribution in [0.1, 0.15) is 42.2 Å². The fourth-order valence-corrected chi connectivity index (χ4v) is 2.72. The molecule has 112 valence electrons. The second-order valence-electron chi connectivity index (χ2n) is 5.27. The lowest BCUT2D eigenvalue weighted by Gasteiger charge is -2.16. The molecule has 0 aromatic heterocycles. The molecule has 2 aromatic carbocycles. The van der Waals surface area contributed by atoms with E-state index in [1.54, 1.807) is 7.11 Å². The lowest BCUT2D eigenvalue weighted by Crippen LogP contribution is -2.05. The Morgan fingerprint density at radius 3 is 2.33 bits per heavy atom. The van der Waals surface area contributed by atoms with Gasteiger partial charge in [-0.15, -0.1) is 0 Å². The molecule has 0 fully saturated rings. The van der Waals surface area contributed by atoms with Crippen LogP contribution in [0.3, 0.4) is 0 Å². The first-order valence-corrected chi connectivity index (χ1v) is 7.61. The molecule has 2 rings (SSSR count). The van der Waals surface area contributed by atoms with E-state index in [0.717, 1.165) is 29.7 Å². The molecule has 1 N–H and O–H groups in total. The Kier molecular flexibility index (Phi) is 5.40. The summed E-state index contributed by atoms with van der Waals surface area (Å²) in [5, 5.41) is 10.5. The van der Waals surface area contributed by atoms with Crippen molar-refractivity contribution in [1.29, 1.82) is 0 Å². The number of para-hydroxylation sites is 1. The van der Waals surface area contributed by atoms with E-state index in [2.05, 4.69) is 26.0 Å². The minimum absolute atomic E-state index is 0.502. The highest BCUT2D eigenvalue weighted by Gasteiger charge is 2.13. The highest BCUT2D eigenvalue weighted by Crippen LogP contribution is 2.26. The van der Waals surface area contributed by atoms with Gasteiger partial charge in [-0.05, 0) is 41.2 Å². The summed E-state index contributed by atoms with van der Waals surface area (Å²) in [5.74, 6) is 0.831. The van der Waals surface area contributed by atoms with E-state index in [4.69, 9.17) is 4.74 Å². The Bertz CT molecular complexity index is 590. The summed E-state index contributed by atoms with van der Waals surface area (Å²) < 4.78 is 5.35. The van der Waals surface area contributed by atoms with Crippen molar-refractivity contribution in [3.05, 3.63) is 64.7 Å². The molecule has 2 aromatic rings. The minimum atomic E-state index is -0.502. The molecule has 1 atom stereocenters. The number of aliphatic hydroxyl groups is 1. The third-order valence-electron chi connectivity index (χ3n) is 3.98. The third kappa shape index (κ3) is 3.64. The predicted octanol–water partition coefficient (Wildman–Crippen LogP) is 4.10. The zero-order chi connectivity index (χ0) is 15.2. The van der Waals surface area contributed by atoms with Gasteiger partial charge < -0.3 is 9.84 Å². The second kappa shape index (κ2) is 7.28. The van der Waals surface area contributed by atoms with Crippen molar-refractivity contribution in [3.63, 3.8) is 0 Å². The highest BCUT2D eigenvalue weighted by molar-refractivity contribution is 5.37. The van der Waals surface area contributed by atoms with Crippen molar-refractivity contribution in [2.75, 3.05) is 7.11 Å². The van der Waals surface area contributed by atoms with E-state index >= 15 is 0 Å². The van der Waals surface area contributed by atoms with E-state index in [9.17, 15) is 5.11 Å². The number of methoxy groups -OCH3 is 1. The molecular weight excluding hydrogens is 260 g/mol. The Morgan fingerprint density at radius 1 is 0.952 bits per heavy atom. The van der Waals surface area contributed by atoms with Crippen molar-refractivity contribution in [1.82, 2.24) is 0 Å². The first kappa shape index (κ1) is 15.6. The molecule has 0 amide bonds. The molecule has 21 heavy (non-hydrogen) atoms. The van der Waals surface area contributed by atoms with Crippen molar-refractivity contribution >= 4 is 0 Å². The summed E-state index contributed by atoms with van der Waals surface area (Å²) in [6, 6.07) is 14.2. The zero-order valence-electron chi connectivity index (χ0n) is 13.1. The van der Waals surface area contributed by atoms with Crippen LogP contribution in [-0.4, -0.2) is 12.2 Å². The molecule has 0 spiro atoms. The van der Waals surface area contributed by atoms with E-state index in [1.165, 1.54) is 11.1 Å². The smallest absolute Gasteiger partial charge is 0.122 e. The Morgan fingerprint density at radius 2 is 1.67 bits per heavy atom. The first-order valence-electron chi connectivity index (χ1n) is 7.61. The van der Waals surface area contributed by atoms with Gasteiger partial charge in [-0.3, -0.25) is 0 Å². The molecule has 1 unspecified atom stereocenters. The van der Waals surface area contributed by atoms with Gasteiger partial charge in [0.15, 0.2) is 0 Å². The predicted molar refractivity (Wildman–Crippen MR) is 86.9 cm³/mol. The summed E-state index contributed by atoms with van der Waals surface area (Å²) in [5.41, 5.74) is 4.71. The number of hydrogen-bond acceptors (Lipinski definition) is 2. The van der Waals surface area contributed by atoms with Crippen molar-refractivity contribution in [2.24, 2.45) is 0 Å². The van der Waals surface area contributed by atoms with Crippen molar-refractivity contribution in [3.8, 4) is 5.75 Å². The highest BCUT2D eigenvalue weighted by atomic mass is 16.5. The van der Waals surface area contributed by atoms with Crippen molar-refractivity contribution in [2.45, 2.75) is 39.2 Å². The van der Waals surface area contributed by atoms with Crippen LogP contribution in [0.4, 0.5) is 0 Å². The summed E-state index contributed by atoms with van der Waals surface area (Å²) in [4.78, 5) is 0. The van der Waals surface area contributed by atoms with Crippen molar-refractivity contribution < 1.29 is 9.84 Å². The van der Waals surface area contributed by atoms with E-state index in [1.807, 2.05) is 30.3 Å². The standard InChI is InChI=1S/C19H24O2/c1-4-14-10-11-16(12-15(14)5-2)18(20)13-17-8-6-7-9-19(17)21-3/h6-12,18,20H,4-5,13H2,1-3H3. The van der Waals surface area contributed by atoms with Crippen LogP contribution in [0.2, 0.25) is 0 Å². The molecule has 0 aliphatic rings. The second-order valence-corrected chi connectivity index (χ2v) is 5.27. The molecule has 0 heterocycles. The van der Waals surface area contributed by atoms with Gasteiger partial charge in [-0.2, -0.15) is 0 Å². The topological polar surface area (TPSA) is 29.5 Å². The molecule has 0 aliphatic heterocycles. The van der Waals surface area contributed by atoms with Crippen LogP contribution < -0.4 is 4.74 Å². The van der Waals surface area contributed by atoms with Gasteiger partial charge in [0, 0.05) is 6.42 Å². The van der Waals surface area contributed by atoms with Gasteiger partial charge in [0.05, 0.1) is 13.2 Å². The van der Waals surface area contributed by atoms with Gasteiger partial charge in [0.25, 0.3) is 0 Å². The lowest BCUT2D eigenvalue weighted by atomic mass is 9.95. The molecule has 2 heteroatoms. The average Bonchev–Trinajstić information content (AvgIpc) is 2.54. The van der Waals surface area contributed by atoms with Crippen LogP contribution >= 0.6 is 0 Å². The number of aryl methyl sites for hydroxylation is 2. The maximum absolute atomic E-state index is 10.5. The maximum atomic E-state index is 10.5. The molecule has 0 aliphatic carbocycles. The summed E-state index contributed by atoms with van der Waals surface area (Å²) in [7, 11) is 1.66. The van der Waals surface area contributed by atoms with Gasteiger partial charge >= 0.3 is 0 Å². The largest absolute Gasteiger partial charge is 0.496 e.